The second-order valence-electron chi connectivity index (χ2n) is 7.73. The van der Waals surface area contributed by atoms with E-state index < -0.39 is 0 Å². The van der Waals surface area contributed by atoms with Gasteiger partial charge in [-0.1, -0.05) is 34.1 Å². The van der Waals surface area contributed by atoms with Crippen LogP contribution >= 0.6 is 15.9 Å². The maximum absolute atomic E-state index is 12.2. The van der Waals surface area contributed by atoms with Crippen LogP contribution in [0.4, 0.5) is 0 Å². The van der Waals surface area contributed by atoms with Crippen LogP contribution in [0.15, 0.2) is 34.8 Å². The fraction of sp³-hybridized carbons (Fsp3) is 0.381. The van der Waals surface area contributed by atoms with E-state index >= 15 is 0 Å². The van der Waals surface area contributed by atoms with Gasteiger partial charge in [0, 0.05) is 21.8 Å². The average Bonchev–Trinajstić information content (AvgIpc) is 3.48. The fourth-order valence-corrected chi connectivity index (χ4v) is 4.52. The molecule has 0 bridgehead atoms. The summed E-state index contributed by atoms with van der Waals surface area (Å²) in [6.45, 7) is 0.990. The van der Waals surface area contributed by atoms with Gasteiger partial charge >= 0.3 is 0 Å². The van der Waals surface area contributed by atoms with Crippen LogP contribution in [0.5, 0.6) is 0 Å². The first-order valence-corrected chi connectivity index (χ1v) is 9.94. The Morgan fingerprint density at radius 2 is 1.84 bits per heavy atom. The van der Waals surface area contributed by atoms with Crippen molar-refractivity contribution in [3.63, 3.8) is 0 Å². The smallest absolute Gasteiger partial charge is 0.250 e. The lowest BCUT2D eigenvalue weighted by Gasteiger charge is -2.12. The molecule has 4 heteroatoms. The molecular formula is C21H21BrN2O. The van der Waals surface area contributed by atoms with E-state index in [4.69, 9.17) is 5.73 Å². The Kier molecular flexibility index (Phi) is 3.46. The normalized spacial score (nSPS) is 17.5. The number of nitrogens with two attached hydrogens (primary N) is 1. The van der Waals surface area contributed by atoms with Crippen LogP contribution < -0.4 is 5.73 Å². The predicted octanol–water partition coefficient (Wildman–Crippen LogP) is 5.02. The average molecular weight is 397 g/mol. The van der Waals surface area contributed by atoms with Gasteiger partial charge in [0.2, 0.25) is 0 Å². The molecule has 0 radical (unpaired) electrons. The Morgan fingerprint density at radius 3 is 2.52 bits per heavy atom. The lowest BCUT2D eigenvalue weighted by Crippen LogP contribution is -2.14. The predicted molar refractivity (Wildman–Crippen MR) is 105 cm³/mol. The molecule has 0 spiro atoms. The molecule has 5 rings (SSSR count). The van der Waals surface area contributed by atoms with Gasteiger partial charge in [0.05, 0.1) is 16.6 Å². The molecule has 2 aromatic carbocycles. The maximum Gasteiger partial charge on any atom is 0.250 e. The van der Waals surface area contributed by atoms with Gasteiger partial charge in [0.25, 0.3) is 5.91 Å². The highest BCUT2D eigenvalue weighted by Crippen LogP contribution is 2.41. The molecule has 128 valence electrons. The molecule has 25 heavy (non-hydrogen) atoms. The number of benzene rings is 2. The zero-order chi connectivity index (χ0) is 17.1. The number of primary amides is 1. The summed E-state index contributed by atoms with van der Waals surface area (Å²) in [5.41, 5.74) is 10.1. The van der Waals surface area contributed by atoms with E-state index in [1.165, 1.54) is 42.1 Å². The molecule has 1 amide bonds. The molecule has 1 heterocycles. The van der Waals surface area contributed by atoms with E-state index in [1.807, 2.05) is 6.07 Å². The van der Waals surface area contributed by atoms with Crippen molar-refractivity contribution < 1.29 is 4.79 Å². The lowest BCUT2D eigenvalue weighted by molar-refractivity contribution is 0.100. The molecule has 0 unspecified atom stereocenters. The number of fused-ring (bicyclic) bond motifs is 3. The summed E-state index contributed by atoms with van der Waals surface area (Å²) in [7, 11) is 0. The highest BCUT2D eigenvalue weighted by atomic mass is 79.9. The van der Waals surface area contributed by atoms with Crippen LogP contribution in [-0.2, 0) is 13.0 Å². The Morgan fingerprint density at radius 1 is 1.08 bits per heavy atom. The molecule has 2 saturated carbocycles. The minimum atomic E-state index is -0.352. The molecule has 2 N–H and O–H groups in total. The van der Waals surface area contributed by atoms with Crippen molar-refractivity contribution >= 4 is 43.6 Å². The van der Waals surface area contributed by atoms with Crippen LogP contribution in [0, 0.1) is 11.8 Å². The number of aromatic nitrogens is 1. The third kappa shape index (κ3) is 2.67. The first-order valence-electron chi connectivity index (χ1n) is 9.15. The molecule has 0 atom stereocenters. The van der Waals surface area contributed by atoms with E-state index in [1.54, 1.807) is 0 Å². The van der Waals surface area contributed by atoms with E-state index in [0.29, 0.717) is 5.56 Å². The van der Waals surface area contributed by atoms with E-state index in [2.05, 4.69) is 44.8 Å². The van der Waals surface area contributed by atoms with E-state index in [-0.39, 0.29) is 5.91 Å². The van der Waals surface area contributed by atoms with E-state index in [9.17, 15) is 4.79 Å². The number of rotatable bonds is 5. The van der Waals surface area contributed by atoms with Crippen molar-refractivity contribution in [3.05, 3.63) is 45.9 Å². The number of halogens is 1. The van der Waals surface area contributed by atoms with Gasteiger partial charge in [0.1, 0.15) is 0 Å². The summed E-state index contributed by atoms with van der Waals surface area (Å²) in [5.74, 6) is 1.22. The summed E-state index contributed by atoms with van der Waals surface area (Å²) >= 11 is 3.56. The fourth-order valence-electron chi connectivity index (χ4n) is 4.06. The van der Waals surface area contributed by atoms with Crippen molar-refractivity contribution in [2.24, 2.45) is 17.6 Å². The number of nitrogens with zero attached hydrogens (tertiary/aromatic N) is 1. The summed E-state index contributed by atoms with van der Waals surface area (Å²) in [6.07, 6.45) is 6.41. The minimum Gasteiger partial charge on any atom is -0.366 e. The molecule has 2 fully saturated rings. The van der Waals surface area contributed by atoms with Crippen molar-refractivity contribution in [1.29, 1.82) is 0 Å². The van der Waals surface area contributed by atoms with Crippen LogP contribution in [0.1, 0.15) is 41.6 Å². The van der Waals surface area contributed by atoms with Gasteiger partial charge in [-0.3, -0.25) is 4.79 Å². The maximum atomic E-state index is 12.2. The lowest BCUT2D eigenvalue weighted by atomic mass is 10.0. The van der Waals surface area contributed by atoms with Crippen LogP contribution in [0.2, 0.25) is 0 Å². The van der Waals surface area contributed by atoms with Crippen molar-refractivity contribution in [1.82, 2.24) is 4.57 Å². The van der Waals surface area contributed by atoms with Gasteiger partial charge in [-0.2, -0.15) is 0 Å². The van der Waals surface area contributed by atoms with Gasteiger partial charge < -0.3 is 10.3 Å². The first-order chi connectivity index (χ1) is 12.1. The second kappa shape index (κ2) is 5.60. The summed E-state index contributed by atoms with van der Waals surface area (Å²) in [6, 6.07) is 10.6. The van der Waals surface area contributed by atoms with Gasteiger partial charge in [-0.25, -0.2) is 0 Å². The van der Waals surface area contributed by atoms with Crippen molar-refractivity contribution in [2.75, 3.05) is 0 Å². The van der Waals surface area contributed by atoms with Crippen LogP contribution in [0.3, 0.4) is 0 Å². The van der Waals surface area contributed by atoms with Crippen LogP contribution in [0.25, 0.3) is 21.8 Å². The first kappa shape index (κ1) is 15.4. The van der Waals surface area contributed by atoms with Gasteiger partial charge in [0.15, 0.2) is 0 Å². The zero-order valence-corrected chi connectivity index (χ0v) is 15.7. The van der Waals surface area contributed by atoms with Gasteiger partial charge in [-0.05, 0) is 61.6 Å². The Hall–Kier alpha value is -1.81. The zero-order valence-electron chi connectivity index (χ0n) is 14.1. The number of carbonyl (C=O) groups excluding carboxylic acids is 1. The topological polar surface area (TPSA) is 48.0 Å². The Bertz CT molecular complexity index is 1010. The number of amides is 1. The monoisotopic (exact) mass is 396 g/mol. The highest BCUT2D eigenvalue weighted by Gasteiger charge is 2.28. The standard InChI is InChI=1S/C21H21BrN2O/c22-15-9-17-16-3-1-2-14(8-12-4-5-12)19(16)24(11-13-6-7-13)20(17)18(10-15)21(23)25/h1-3,9-10,12-13H,4-8,11H2,(H2,23,25). The summed E-state index contributed by atoms with van der Waals surface area (Å²) in [5, 5.41) is 2.38. The van der Waals surface area contributed by atoms with Crippen LogP contribution in [-0.4, -0.2) is 10.5 Å². The molecule has 0 saturated heterocycles. The van der Waals surface area contributed by atoms with Gasteiger partial charge in [-0.15, -0.1) is 0 Å². The Labute approximate surface area is 155 Å². The summed E-state index contributed by atoms with van der Waals surface area (Å²) in [4.78, 5) is 12.2. The quantitative estimate of drug-likeness (QED) is 0.646. The van der Waals surface area contributed by atoms with E-state index in [0.717, 1.165) is 40.2 Å². The summed E-state index contributed by atoms with van der Waals surface area (Å²) < 4.78 is 3.30. The number of hydrogen-bond donors (Lipinski definition) is 1. The molecule has 2 aliphatic carbocycles. The highest BCUT2D eigenvalue weighted by molar-refractivity contribution is 9.10. The van der Waals surface area contributed by atoms with Crippen molar-refractivity contribution in [3.8, 4) is 0 Å². The SMILES string of the molecule is NC(=O)c1cc(Br)cc2c3cccc(CC4CC4)c3n(CC3CC3)c12. The Balaban J connectivity index is 1.87. The third-order valence-electron chi connectivity index (χ3n) is 5.63. The second-order valence-corrected chi connectivity index (χ2v) is 8.64. The number of hydrogen-bond acceptors (Lipinski definition) is 1. The third-order valence-corrected chi connectivity index (χ3v) is 6.09. The largest absolute Gasteiger partial charge is 0.366 e. The molecular weight excluding hydrogens is 376 g/mol. The molecule has 1 aromatic heterocycles. The molecule has 3 aromatic rings. The molecule has 3 nitrogen and oxygen atoms in total. The van der Waals surface area contributed by atoms with Crippen molar-refractivity contribution in [2.45, 2.75) is 38.6 Å². The minimum absolute atomic E-state index is 0.352. The number of carbonyl (C=O) groups is 1. The molecule has 0 aliphatic heterocycles. The molecule has 2 aliphatic rings. The number of para-hydroxylation sites is 1.